The quantitative estimate of drug-likeness (QED) is 0.677. The average molecular weight is 200 g/mol. The van der Waals surface area contributed by atoms with Crippen molar-refractivity contribution in [2.75, 3.05) is 11.9 Å². The fraction of sp³-hybridized carbons (Fsp3) is 0.400. The molecule has 70 valence electrons. The zero-order chi connectivity index (χ0) is 9.42. The first-order valence-corrected chi connectivity index (χ1v) is 4.79. The molecule has 1 N–H and O–H groups in total. The van der Waals surface area contributed by atoms with Crippen molar-refractivity contribution >= 4 is 17.3 Å². The van der Waals surface area contributed by atoms with Gasteiger partial charge in [0.15, 0.2) is 0 Å². The Balaban J connectivity index is 2.63. The van der Waals surface area contributed by atoms with E-state index in [4.69, 9.17) is 11.6 Å². The van der Waals surface area contributed by atoms with Crippen LogP contribution in [-0.2, 0) is 6.42 Å². The maximum absolute atomic E-state index is 13.4. The minimum absolute atomic E-state index is 0.231. The maximum atomic E-state index is 13.4. The van der Waals surface area contributed by atoms with E-state index in [2.05, 4.69) is 5.32 Å². The average Bonchev–Trinajstić information content (AvgIpc) is 2.15. The highest BCUT2D eigenvalue weighted by atomic mass is 35.5. The molecule has 0 atom stereocenters. The predicted molar refractivity (Wildman–Crippen MR) is 53.0 cm³/mol. The van der Waals surface area contributed by atoms with E-state index in [0.717, 1.165) is 30.5 Å². The first-order chi connectivity index (χ1) is 6.20. The van der Waals surface area contributed by atoms with E-state index in [1.165, 1.54) is 6.07 Å². The number of rotatable bonds is 0. The van der Waals surface area contributed by atoms with E-state index in [1.807, 2.05) is 6.92 Å². The van der Waals surface area contributed by atoms with E-state index in [-0.39, 0.29) is 5.82 Å². The van der Waals surface area contributed by atoms with Gasteiger partial charge in [0.05, 0.1) is 5.69 Å². The van der Waals surface area contributed by atoms with Crippen LogP contribution >= 0.6 is 11.6 Å². The van der Waals surface area contributed by atoms with Gasteiger partial charge in [0.25, 0.3) is 0 Å². The lowest BCUT2D eigenvalue weighted by atomic mass is 9.98. The van der Waals surface area contributed by atoms with Crippen LogP contribution in [0.3, 0.4) is 0 Å². The van der Waals surface area contributed by atoms with Gasteiger partial charge in [-0.2, -0.15) is 0 Å². The number of nitrogens with one attached hydrogen (secondary N) is 1. The number of hydrogen-bond acceptors (Lipinski definition) is 1. The Hall–Kier alpha value is -0.760. The molecule has 13 heavy (non-hydrogen) atoms. The molecule has 0 aliphatic carbocycles. The highest BCUT2D eigenvalue weighted by molar-refractivity contribution is 6.31. The Morgan fingerprint density at radius 3 is 3.08 bits per heavy atom. The Bertz CT molecular complexity index is 349. The van der Waals surface area contributed by atoms with Crippen LogP contribution in [-0.4, -0.2) is 6.54 Å². The van der Waals surface area contributed by atoms with Crippen molar-refractivity contribution in [3.8, 4) is 0 Å². The summed E-state index contributed by atoms with van der Waals surface area (Å²) in [5, 5.41) is 3.59. The third kappa shape index (κ3) is 1.39. The summed E-state index contributed by atoms with van der Waals surface area (Å²) in [6, 6.07) is 1.38. The zero-order valence-corrected chi connectivity index (χ0v) is 8.21. The molecule has 1 aliphatic rings. The number of halogens is 2. The summed E-state index contributed by atoms with van der Waals surface area (Å²) in [5.41, 5.74) is 2.69. The van der Waals surface area contributed by atoms with Crippen molar-refractivity contribution in [3.05, 3.63) is 28.0 Å². The second-order valence-corrected chi connectivity index (χ2v) is 3.76. The van der Waals surface area contributed by atoms with Crippen LogP contribution in [0.4, 0.5) is 10.1 Å². The second-order valence-electron chi connectivity index (χ2n) is 3.35. The molecule has 1 aliphatic heterocycles. The third-order valence-corrected chi connectivity index (χ3v) is 2.90. The van der Waals surface area contributed by atoms with E-state index >= 15 is 0 Å². The fourth-order valence-corrected chi connectivity index (χ4v) is 1.96. The van der Waals surface area contributed by atoms with Gasteiger partial charge in [-0.25, -0.2) is 4.39 Å². The monoisotopic (exact) mass is 199 g/mol. The molecule has 0 saturated heterocycles. The van der Waals surface area contributed by atoms with Crippen molar-refractivity contribution < 1.29 is 4.39 Å². The normalized spacial score (nSPS) is 15.0. The summed E-state index contributed by atoms with van der Waals surface area (Å²) < 4.78 is 13.4. The number of anilines is 1. The van der Waals surface area contributed by atoms with Crippen LogP contribution < -0.4 is 5.32 Å². The molecule has 0 spiro atoms. The Morgan fingerprint density at radius 2 is 2.31 bits per heavy atom. The molecule has 1 aromatic rings. The summed E-state index contributed by atoms with van der Waals surface area (Å²) in [5.74, 6) is -0.231. The summed E-state index contributed by atoms with van der Waals surface area (Å²) in [6.45, 7) is 2.79. The minimum Gasteiger partial charge on any atom is -0.382 e. The van der Waals surface area contributed by atoms with Gasteiger partial charge in [0.1, 0.15) is 5.82 Å². The number of fused-ring (bicyclic) bond motifs is 1. The Kier molecular flexibility index (Phi) is 2.16. The van der Waals surface area contributed by atoms with E-state index in [1.54, 1.807) is 0 Å². The topological polar surface area (TPSA) is 12.0 Å². The van der Waals surface area contributed by atoms with Crippen molar-refractivity contribution in [1.29, 1.82) is 0 Å². The first kappa shape index (κ1) is 8.82. The Morgan fingerprint density at radius 1 is 1.54 bits per heavy atom. The minimum atomic E-state index is -0.231. The van der Waals surface area contributed by atoms with Gasteiger partial charge < -0.3 is 5.32 Å². The molecule has 0 radical (unpaired) electrons. The van der Waals surface area contributed by atoms with Crippen molar-refractivity contribution in [2.45, 2.75) is 19.8 Å². The molecule has 1 aromatic carbocycles. The van der Waals surface area contributed by atoms with Gasteiger partial charge in [0.2, 0.25) is 0 Å². The van der Waals surface area contributed by atoms with E-state index < -0.39 is 0 Å². The largest absolute Gasteiger partial charge is 0.382 e. The lowest BCUT2D eigenvalue weighted by Crippen LogP contribution is -2.14. The molecule has 0 fully saturated rings. The van der Waals surface area contributed by atoms with Crippen LogP contribution in [0.15, 0.2) is 6.07 Å². The lowest BCUT2D eigenvalue weighted by molar-refractivity contribution is 0.622. The molecule has 0 bridgehead atoms. The molecule has 1 nitrogen and oxygen atoms in total. The molecular formula is C10H11ClFN. The van der Waals surface area contributed by atoms with Crippen LogP contribution in [0.2, 0.25) is 5.02 Å². The van der Waals surface area contributed by atoms with Crippen LogP contribution in [0.5, 0.6) is 0 Å². The molecule has 3 heteroatoms. The molecule has 1 heterocycles. The van der Waals surface area contributed by atoms with Gasteiger partial charge >= 0.3 is 0 Å². The summed E-state index contributed by atoms with van der Waals surface area (Å²) >= 11 is 5.88. The van der Waals surface area contributed by atoms with Crippen molar-refractivity contribution in [2.24, 2.45) is 0 Å². The molecule has 2 rings (SSSR count). The molecule has 0 aromatic heterocycles. The standard InChI is InChI=1S/C10H11ClFN/c1-6-7-3-2-4-13-10(7)9(12)5-8(6)11/h5,13H,2-4H2,1H3. The van der Waals surface area contributed by atoms with Crippen LogP contribution in [0.1, 0.15) is 17.5 Å². The van der Waals surface area contributed by atoms with Gasteiger partial charge in [0, 0.05) is 11.6 Å². The second kappa shape index (κ2) is 3.18. The SMILES string of the molecule is Cc1c(Cl)cc(F)c2c1CCCN2. The van der Waals surface area contributed by atoms with E-state index in [9.17, 15) is 4.39 Å². The maximum Gasteiger partial charge on any atom is 0.148 e. The summed E-state index contributed by atoms with van der Waals surface area (Å²) in [4.78, 5) is 0. The van der Waals surface area contributed by atoms with Crippen molar-refractivity contribution in [1.82, 2.24) is 0 Å². The van der Waals surface area contributed by atoms with Gasteiger partial charge in [-0.15, -0.1) is 0 Å². The first-order valence-electron chi connectivity index (χ1n) is 4.41. The fourth-order valence-electron chi connectivity index (χ4n) is 1.75. The molecule has 0 saturated carbocycles. The van der Waals surface area contributed by atoms with Gasteiger partial charge in [-0.05, 0) is 37.0 Å². The summed E-state index contributed by atoms with van der Waals surface area (Å²) in [6.07, 6.45) is 1.97. The van der Waals surface area contributed by atoms with Gasteiger partial charge in [-0.1, -0.05) is 11.6 Å². The Labute approximate surface area is 81.9 Å². The van der Waals surface area contributed by atoms with E-state index in [0.29, 0.717) is 10.7 Å². The molecule has 0 unspecified atom stereocenters. The molecular weight excluding hydrogens is 189 g/mol. The zero-order valence-electron chi connectivity index (χ0n) is 7.45. The van der Waals surface area contributed by atoms with Crippen LogP contribution in [0.25, 0.3) is 0 Å². The third-order valence-electron chi connectivity index (χ3n) is 2.51. The highest BCUT2D eigenvalue weighted by Gasteiger charge is 2.17. The summed E-state index contributed by atoms with van der Waals surface area (Å²) in [7, 11) is 0. The smallest absolute Gasteiger partial charge is 0.148 e. The van der Waals surface area contributed by atoms with Crippen molar-refractivity contribution in [3.63, 3.8) is 0 Å². The van der Waals surface area contributed by atoms with Crippen LogP contribution in [0, 0.1) is 12.7 Å². The highest BCUT2D eigenvalue weighted by Crippen LogP contribution is 2.32. The van der Waals surface area contributed by atoms with Gasteiger partial charge in [-0.3, -0.25) is 0 Å². The number of benzene rings is 1. The predicted octanol–water partition coefficient (Wildman–Crippen LogP) is 3.15. The lowest BCUT2D eigenvalue weighted by Gasteiger charge is -2.21. The molecule has 0 amide bonds. The number of hydrogen-bond donors (Lipinski definition) is 1.